The highest BCUT2D eigenvalue weighted by Crippen LogP contribution is 2.01. The Hall–Kier alpha value is -1.29. The second kappa shape index (κ2) is 5.44. The van der Waals surface area contributed by atoms with E-state index in [1.165, 1.54) is 16.8 Å². The molecule has 0 spiro atoms. The quantitative estimate of drug-likeness (QED) is 0.459. The van der Waals surface area contributed by atoms with Crippen molar-refractivity contribution < 1.29 is 0 Å². The van der Waals surface area contributed by atoms with Crippen molar-refractivity contribution >= 4 is 23.1 Å². The summed E-state index contributed by atoms with van der Waals surface area (Å²) in [5, 5.41) is 13.6. The minimum absolute atomic E-state index is 0.428. The van der Waals surface area contributed by atoms with Crippen molar-refractivity contribution in [3.63, 3.8) is 0 Å². The van der Waals surface area contributed by atoms with E-state index in [0.29, 0.717) is 5.17 Å². The van der Waals surface area contributed by atoms with Gasteiger partial charge in [0.1, 0.15) is 0 Å². The summed E-state index contributed by atoms with van der Waals surface area (Å²) in [4.78, 5) is 0. The average Bonchev–Trinajstić information content (AvgIpc) is 2.26. The minimum Gasteiger partial charge on any atom is -0.277 e. The lowest BCUT2D eigenvalue weighted by Gasteiger charge is -2.10. The summed E-state index contributed by atoms with van der Waals surface area (Å²) in [6.45, 7) is 0. The van der Waals surface area contributed by atoms with E-state index in [4.69, 9.17) is 5.41 Å². The Kier molecular flexibility index (Phi) is 4.19. The molecule has 3 nitrogen and oxygen atoms in total. The number of benzene rings is 1. The Labute approximate surface area is 88.3 Å². The van der Waals surface area contributed by atoms with Gasteiger partial charge in [-0.1, -0.05) is 42.1 Å². The standard InChI is InChI=1S/C10H13N3S/c1-13(10(11)14-2)12-8-9-6-4-3-5-7-9/h3-8,11H,1-2H3/b11-10?,12-8+. The van der Waals surface area contributed by atoms with Crippen LogP contribution >= 0.6 is 11.8 Å². The first-order chi connectivity index (χ1) is 6.74. The second-order valence-corrected chi connectivity index (χ2v) is 3.48. The van der Waals surface area contributed by atoms with Crippen LogP contribution in [0.3, 0.4) is 0 Å². The summed E-state index contributed by atoms with van der Waals surface area (Å²) in [7, 11) is 1.76. The fraction of sp³-hybridized carbons (Fsp3) is 0.200. The van der Waals surface area contributed by atoms with Gasteiger partial charge in [-0.05, 0) is 11.8 Å². The first-order valence-corrected chi connectivity index (χ1v) is 5.42. The molecular formula is C10H13N3S. The summed E-state index contributed by atoms with van der Waals surface area (Å²) in [6.07, 6.45) is 3.60. The molecule has 1 N–H and O–H groups in total. The normalized spacial score (nSPS) is 10.4. The fourth-order valence-electron chi connectivity index (χ4n) is 0.877. The van der Waals surface area contributed by atoms with E-state index in [1.54, 1.807) is 13.3 Å². The maximum absolute atomic E-state index is 7.48. The van der Waals surface area contributed by atoms with Gasteiger partial charge in [-0.25, -0.2) is 5.01 Å². The summed E-state index contributed by atoms with van der Waals surface area (Å²) in [6, 6.07) is 9.83. The molecule has 0 bridgehead atoms. The summed E-state index contributed by atoms with van der Waals surface area (Å²) >= 11 is 1.36. The first-order valence-electron chi connectivity index (χ1n) is 4.19. The monoisotopic (exact) mass is 207 g/mol. The van der Waals surface area contributed by atoms with Crippen molar-refractivity contribution in [1.82, 2.24) is 5.01 Å². The lowest BCUT2D eigenvalue weighted by Crippen LogP contribution is -2.16. The minimum atomic E-state index is 0.428. The van der Waals surface area contributed by atoms with Crippen LogP contribution in [0.5, 0.6) is 0 Å². The summed E-state index contributed by atoms with van der Waals surface area (Å²) < 4.78 is 0. The second-order valence-electron chi connectivity index (χ2n) is 2.69. The molecule has 0 saturated carbocycles. The van der Waals surface area contributed by atoms with Crippen LogP contribution in [0.1, 0.15) is 5.56 Å². The van der Waals surface area contributed by atoms with Crippen molar-refractivity contribution in [2.45, 2.75) is 0 Å². The Morgan fingerprint density at radius 3 is 2.64 bits per heavy atom. The molecule has 0 radical (unpaired) electrons. The van der Waals surface area contributed by atoms with Gasteiger partial charge in [0.2, 0.25) is 0 Å². The van der Waals surface area contributed by atoms with Crippen molar-refractivity contribution in [3.8, 4) is 0 Å². The molecule has 0 aromatic heterocycles. The molecule has 0 aliphatic heterocycles. The van der Waals surface area contributed by atoms with Gasteiger partial charge in [-0.2, -0.15) is 5.10 Å². The lowest BCUT2D eigenvalue weighted by molar-refractivity contribution is 0.556. The Balaban J connectivity index is 2.60. The number of rotatable bonds is 2. The third kappa shape index (κ3) is 3.22. The molecule has 0 saturated heterocycles. The molecule has 0 amide bonds. The predicted molar refractivity (Wildman–Crippen MR) is 63.0 cm³/mol. The molecule has 4 heteroatoms. The molecule has 0 aliphatic rings. The van der Waals surface area contributed by atoms with Crippen LogP contribution in [0.4, 0.5) is 0 Å². The number of nitrogens with one attached hydrogen (secondary N) is 1. The zero-order chi connectivity index (χ0) is 10.4. The zero-order valence-corrected chi connectivity index (χ0v) is 9.08. The number of hydrogen-bond acceptors (Lipinski definition) is 3. The van der Waals surface area contributed by atoms with Crippen LogP contribution in [-0.4, -0.2) is 29.7 Å². The lowest BCUT2D eigenvalue weighted by atomic mass is 10.2. The SMILES string of the molecule is CSC(=N)N(C)/N=C/c1ccccc1. The molecule has 0 atom stereocenters. The molecule has 74 valence electrons. The topological polar surface area (TPSA) is 39.5 Å². The Morgan fingerprint density at radius 1 is 1.43 bits per heavy atom. The molecule has 0 fully saturated rings. The number of nitrogens with zero attached hydrogens (tertiary/aromatic N) is 2. The predicted octanol–water partition coefficient (Wildman–Crippen LogP) is 2.25. The van der Waals surface area contributed by atoms with Gasteiger partial charge < -0.3 is 0 Å². The van der Waals surface area contributed by atoms with Crippen molar-refractivity contribution in [1.29, 1.82) is 5.41 Å². The number of thioether (sulfide) groups is 1. The fourth-order valence-corrected chi connectivity index (χ4v) is 1.19. The maximum Gasteiger partial charge on any atom is 0.176 e. The number of hydrazone groups is 1. The average molecular weight is 207 g/mol. The molecule has 0 unspecified atom stereocenters. The van der Waals surface area contributed by atoms with Gasteiger partial charge in [0.05, 0.1) is 6.21 Å². The summed E-state index contributed by atoms with van der Waals surface area (Å²) in [5.41, 5.74) is 1.04. The van der Waals surface area contributed by atoms with Gasteiger partial charge in [0.15, 0.2) is 5.17 Å². The van der Waals surface area contributed by atoms with Crippen molar-refractivity contribution in [2.75, 3.05) is 13.3 Å². The highest BCUT2D eigenvalue weighted by molar-refractivity contribution is 8.13. The molecule has 0 heterocycles. The molecule has 1 aromatic rings. The van der Waals surface area contributed by atoms with Crippen LogP contribution in [0, 0.1) is 5.41 Å². The van der Waals surface area contributed by atoms with Crippen LogP contribution in [-0.2, 0) is 0 Å². The van der Waals surface area contributed by atoms with Gasteiger partial charge in [0, 0.05) is 7.05 Å². The molecule has 0 aliphatic carbocycles. The van der Waals surface area contributed by atoms with E-state index in [1.807, 2.05) is 36.6 Å². The third-order valence-electron chi connectivity index (χ3n) is 1.67. The van der Waals surface area contributed by atoms with Crippen LogP contribution in [0.25, 0.3) is 0 Å². The first kappa shape index (κ1) is 10.8. The maximum atomic E-state index is 7.48. The van der Waals surface area contributed by atoms with E-state index >= 15 is 0 Å². The van der Waals surface area contributed by atoms with Crippen molar-refractivity contribution in [3.05, 3.63) is 35.9 Å². The Bertz CT molecular complexity index is 321. The van der Waals surface area contributed by atoms with Crippen LogP contribution in [0.15, 0.2) is 35.4 Å². The highest BCUT2D eigenvalue weighted by Gasteiger charge is 1.97. The van der Waals surface area contributed by atoms with Crippen LogP contribution in [0.2, 0.25) is 0 Å². The van der Waals surface area contributed by atoms with E-state index < -0.39 is 0 Å². The summed E-state index contributed by atoms with van der Waals surface area (Å²) in [5.74, 6) is 0. The Morgan fingerprint density at radius 2 is 2.07 bits per heavy atom. The van der Waals surface area contributed by atoms with Crippen LogP contribution < -0.4 is 0 Å². The van der Waals surface area contributed by atoms with E-state index in [2.05, 4.69) is 5.10 Å². The molecule has 1 aromatic carbocycles. The van der Waals surface area contributed by atoms with Gasteiger partial charge in [0.25, 0.3) is 0 Å². The van der Waals surface area contributed by atoms with Gasteiger partial charge >= 0.3 is 0 Å². The molecular weight excluding hydrogens is 194 g/mol. The molecule has 1 rings (SSSR count). The van der Waals surface area contributed by atoms with E-state index in [9.17, 15) is 0 Å². The van der Waals surface area contributed by atoms with E-state index in [0.717, 1.165) is 5.56 Å². The smallest absolute Gasteiger partial charge is 0.176 e. The number of hydrogen-bond donors (Lipinski definition) is 1. The molecule has 14 heavy (non-hydrogen) atoms. The third-order valence-corrected chi connectivity index (χ3v) is 2.32. The highest BCUT2D eigenvalue weighted by atomic mass is 32.2. The van der Waals surface area contributed by atoms with Gasteiger partial charge in [-0.3, -0.25) is 5.41 Å². The zero-order valence-electron chi connectivity index (χ0n) is 8.27. The number of amidine groups is 1. The van der Waals surface area contributed by atoms with E-state index in [-0.39, 0.29) is 0 Å². The van der Waals surface area contributed by atoms with Crippen molar-refractivity contribution in [2.24, 2.45) is 5.10 Å². The largest absolute Gasteiger partial charge is 0.277 e. The van der Waals surface area contributed by atoms with Gasteiger partial charge in [-0.15, -0.1) is 0 Å².